The van der Waals surface area contributed by atoms with Crippen LogP contribution in [0.3, 0.4) is 0 Å². The molecule has 0 radical (unpaired) electrons. The first-order chi connectivity index (χ1) is 17.5. The van der Waals surface area contributed by atoms with E-state index < -0.39 is 0 Å². The molecule has 0 aliphatic heterocycles. The highest BCUT2D eigenvalue weighted by atomic mass is 16.5. The van der Waals surface area contributed by atoms with E-state index in [0.717, 1.165) is 16.9 Å². The summed E-state index contributed by atoms with van der Waals surface area (Å²) < 4.78 is 17.5. The molecule has 198 valence electrons. The zero-order chi connectivity index (χ0) is 27.2. The molecule has 9 heteroatoms. The largest absolute Gasteiger partial charge is 0.497 e. The molecule has 2 amide bonds. The zero-order valence-corrected chi connectivity index (χ0v) is 22.6. The zero-order valence-electron chi connectivity index (χ0n) is 22.6. The fourth-order valence-electron chi connectivity index (χ4n) is 3.72. The number of aryl methyl sites for hydroxylation is 1. The summed E-state index contributed by atoms with van der Waals surface area (Å²) in [7, 11) is 4.58. The SMILES string of the molecule is COCCN(CC(=O)Nc1cc(C(C)(C)C)nn1-c1cccc(C)c1)C(=O)c1cc(OC)cc(OC)c1. The Hall–Kier alpha value is -3.85. The third-order valence-corrected chi connectivity index (χ3v) is 5.78. The van der Waals surface area contributed by atoms with Gasteiger partial charge in [-0.3, -0.25) is 9.59 Å². The fourth-order valence-corrected chi connectivity index (χ4v) is 3.72. The molecule has 3 rings (SSSR count). The molecular weight excluding hydrogens is 472 g/mol. The number of ether oxygens (including phenoxy) is 3. The summed E-state index contributed by atoms with van der Waals surface area (Å²) in [6.07, 6.45) is 0. The number of nitrogens with zero attached hydrogens (tertiary/aromatic N) is 3. The van der Waals surface area contributed by atoms with E-state index in [1.165, 1.54) is 19.1 Å². The number of anilines is 1. The van der Waals surface area contributed by atoms with Gasteiger partial charge in [-0.05, 0) is 36.8 Å². The average molecular weight is 509 g/mol. The topological polar surface area (TPSA) is 94.9 Å². The van der Waals surface area contributed by atoms with Crippen molar-refractivity contribution in [3.63, 3.8) is 0 Å². The lowest BCUT2D eigenvalue weighted by molar-refractivity contribution is -0.117. The van der Waals surface area contributed by atoms with Crippen LogP contribution in [0.25, 0.3) is 5.69 Å². The number of aromatic nitrogens is 2. The maximum Gasteiger partial charge on any atom is 0.254 e. The number of carbonyl (C=O) groups is 2. The second-order valence-corrected chi connectivity index (χ2v) is 9.78. The van der Waals surface area contributed by atoms with Gasteiger partial charge in [-0.25, -0.2) is 4.68 Å². The van der Waals surface area contributed by atoms with E-state index in [-0.39, 0.29) is 36.9 Å². The minimum absolute atomic E-state index is 0.175. The predicted molar refractivity (Wildman–Crippen MR) is 143 cm³/mol. The Balaban J connectivity index is 1.89. The van der Waals surface area contributed by atoms with Crippen molar-refractivity contribution in [1.82, 2.24) is 14.7 Å². The third-order valence-electron chi connectivity index (χ3n) is 5.78. The molecule has 0 aliphatic carbocycles. The Morgan fingerprint density at radius 2 is 1.68 bits per heavy atom. The summed E-state index contributed by atoms with van der Waals surface area (Å²) in [5, 5.41) is 7.73. The van der Waals surface area contributed by atoms with Gasteiger partial charge in [0, 0.05) is 36.8 Å². The Labute approximate surface area is 218 Å². The number of benzene rings is 2. The number of methoxy groups -OCH3 is 3. The molecule has 1 N–H and O–H groups in total. The van der Waals surface area contributed by atoms with Crippen molar-refractivity contribution in [1.29, 1.82) is 0 Å². The van der Waals surface area contributed by atoms with E-state index in [0.29, 0.717) is 22.9 Å². The Morgan fingerprint density at radius 3 is 2.24 bits per heavy atom. The normalized spacial score (nSPS) is 11.2. The number of nitrogens with one attached hydrogen (secondary N) is 1. The number of rotatable bonds is 10. The van der Waals surface area contributed by atoms with Gasteiger partial charge in [0.05, 0.1) is 32.2 Å². The molecule has 0 saturated carbocycles. The van der Waals surface area contributed by atoms with Crippen LogP contribution in [0.1, 0.15) is 42.4 Å². The second kappa shape index (κ2) is 11.9. The first-order valence-corrected chi connectivity index (χ1v) is 12.0. The van der Waals surface area contributed by atoms with Gasteiger partial charge in [0.15, 0.2) is 0 Å². The summed E-state index contributed by atoms with van der Waals surface area (Å²) in [5.74, 6) is 0.800. The molecule has 0 atom stereocenters. The lowest BCUT2D eigenvalue weighted by Gasteiger charge is -2.22. The smallest absolute Gasteiger partial charge is 0.254 e. The quantitative estimate of drug-likeness (QED) is 0.441. The van der Waals surface area contributed by atoms with Crippen LogP contribution < -0.4 is 14.8 Å². The summed E-state index contributed by atoms with van der Waals surface area (Å²) in [4.78, 5) is 28.1. The van der Waals surface area contributed by atoms with E-state index in [1.807, 2.05) is 37.3 Å². The number of hydrogen-bond acceptors (Lipinski definition) is 6. The number of amides is 2. The van der Waals surface area contributed by atoms with Crippen molar-refractivity contribution in [2.24, 2.45) is 0 Å². The van der Waals surface area contributed by atoms with Crippen molar-refractivity contribution < 1.29 is 23.8 Å². The molecular formula is C28H36N4O5. The Morgan fingerprint density at radius 1 is 1.00 bits per heavy atom. The van der Waals surface area contributed by atoms with Crippen LogP contribution in [-0.2, 0) is 14.9 Å². The molecule has 1 heterocycles. The molecule has 0 fully saturated rings. The van der Waals surface area contributed by atoms with E-state index >= 15 is 0 Å². The van der Waals surface area contributed by atoms with Gasteiger partial charge in [-0.1, -0.05) is 32.9 Å². The van der Waals surface area contributed by atoms with Crippen molar-refractivity contribution in [2.75, 3.05) is 46.3 Å². The maximum absolute atomic E-state index is 13.4. The van der Waals surface area contributed by atoms with Gasteiger partial charge in [-0.2, -0.15) is 5.10 Å². The highest BCUT2D eigenvalue weighted by Crippen LogP contribution is 2.27. The summed E-state index contributed by atoms with van der Waals surface area (Å²) in [5.41, 5.74) is 2.87. The van der Waals surface area contributed by atoms with E-state index in [2.05, 4.69) is 26.1 Å². The maximum atomic E-state index is 13.4. The lowest BCUT2D eigenvalue weighted by atomic mass is 9.92. The fraction of sp³-hybridized carbons (Fsp3) is 0.393. The second-order valence-electron chi connectivity index (χ2n) is 9.78. The monoisotopic (exact) mass is 508 g/mol. The standard InChI is InChI=1S/C28H36N4O5/c1-19-9-8-10-21(13-19)32-25(17-24(30-32)28(2,3)4)29-26(33)18-31(11-12-35-5)27(34)20-14-22(36-6)16-23(15-20)37-7/h8-10,13-17H,11-12,18H2,1-7H3,(H,29,33). The van der Waals surface area contributed by atoms with Crippen LogP contribution >= 0.6 is 0 Å². The minimum Gasteiger partial charge on any atom is -0.497 e. The Bertz CT molecular complexity index is 1220. The molecule has 0 bridgehead atoms. The van der Waals surface area contributed by atoms with Crippen LogP contribution in [0.5, 0.6) is 11.5 Å². The minimum atomic E-state index is -0.353. The number of hydrogen-bond donors (Lipinski definition) is 1. The molecule has 1 aromatic heterocycles. The molecule has 0 spiro atoms. The van der Waals surface area contributed by atoms with Crippen LogP contribution in [0.4, 0.5) is 5.82 Å². The first-order valence-electron chi connectivity index (χ1n) is 12.0. The average Bonchev–Trinajstić information content (AvgIpc) is 3.30. The molecule has 37 heavy (non-hydrogen) atoms. The van der Waals surface area contributed by atoms with Gasteiger partial charge in [-0.15, -0.1) is 0 Å². The van der Waals surface area contributed by atoms with Crippen LogP contribution in [0.2, 0.25) is 0 Å². The van der Waals surface area contributed by atoms with Crippen LogP contribution in [-0.4, -0.2) is 67.5 Å². The Kier molecular flexibility index (Phi) is 8.94. The van der Waals surface area contributed by atoms with Crippen molar-refractivity contribution in [2.45, 2.75) is 33.1 Å². The molecule has 9 nitrogen and oxygen atoms in total. The van der Waals surface area contributed by atoms with Gasteiger partial charge in [0.2, 0.25) is 5.91 Å². The van der Waals surface area contributed by atoms with Gasteiger partial charge in [0.25, 0.3) is 5.91 Å². The summed E-state index contributed by atoms with van der Waals surface area (Å²) >= 11 is 0. The highest BCUT2D eigenvalue weighted by Gasteiger charge is 2.24. The van der Waals surface area contributed by atoms with E-state index in [4.69, 9.17) is 19.3 Å². The van der Waals surface area contributed by atoms with Gasteiger partial charge in [0.1, 0.15) is 23.9 Å². The lowest BCUT2D eigenvalue weighted by Crippen LogP contribution is -2.40. The molecule has 2 aromatic carbocycles. The molecule has 0 unspecified atom stereocenters. The summed E-state index contributed by atoms with van der Waals surface area (Å²) in [6, 6.07) is 14.7. The van der Waals surface area contributed by atoms with E-state index in [1.54, 1.807) is 30.0 Å². The third kappa shape index (κ3) is 7.10. The predicted octanol–water partition coefficient (Wildman–Crippen LogP) is 4.22. The summed E-state index contributed by atoms with van der Waals surface area (Å²) in [6.45, 7) is 8.52. The highest BCUT2D eigenvalue weighted by molar-refractivity contribution is 5.99. The van der Waals surface area contributed by atoms with Crippen molar-refractivity contribution >= 4 is 17.6 Å². The molecule has 3 aromatic rings. The van der Waals surface area contributed by atoms with Gasteiger partial charge < -0.3 is 24.4 Å². The van der Waals surface area contributed by atoms with E-state index in [9.17, 15) is 9.59 Å². The first kappa shape index (κ1) is 27.7. The number of carbonyl (C=O) groups excluding carboxylic acids is 2. The molecule has 0 saturated heterocycles. The van der Waals surface area contributed by atoms with Crippen molar-refractivity contribution in [3.8, 4) is 17.2 Å². The van der Waals surface area contributed by atoms with Crippen LogP contribution in [0.15, 0.2) is 48.5 Å². The van der Waals surface area contributed by atoms with Crippen molar-refractivity contribution in [3.05, 3.63) is 65.4 Å². The van der Waals surface area contributed by atoms with Gasteiger partial charge >= 0.3 is 0 Å². The molecule has 0 aliphatic rings. The van der Waals surface area contributed by atoms with Crippen LogP contribution in [0, 0.1) is 6.92 Å².